The number of nitrogens with one attached hydrogen (secondary N) is 1. The van der Waals surface area contributed by atoms with Crippen LogP contribution in [0.4, 0.5) is 5.69 Å². The molecule has 1 aliphatic carbocycles. The van der Waals surface area contributed by atoms with Gasteiger partial charge in [0, 0.05) is 31.2 Å². The predicted molar refractivity (Wildman–Crippen MR) is 78.2 cm³/mol. The van der Waals surface area contributed by atoms with Gasteiger partial charge in [0.25, 0.3) is 0 Å². The molecule has 0 radical (unpaired) electrons. The third kappa shape index (κ3) is 2.17. The number of anilines is 1. The average molecular weight is 274 g/mol. The Morgan fingerprint density at radius 3 is 3.25 bits per heavy atom. The first-order valence-corrected chi connectivity index (χ1v) is 7.76. The Morgan fingerprint density at radius 2 is 2.25 bits per heavy atom. The van der Waals surface area contributed by atoms with E-state index in [1.807, 2.05) is 0 Å². The zero-order valence-corrected chi connectivity index (χ0v) is 11.8. The number of para-hydroxylation sites is 1. The van der Waals surface area contributed by atoms with Gasteiger partial charge in [-0.15, -0.1) is 0 Å². The van der Waals surface area contributed by atoms with Crippen LogP contribution >= 0.6 is 0 Å². The molecule has 4 nitrogen and oxygen atoms in total. The summed E-state index contributed by atoms with van der Waals surface area (Å²) in [4.78, 5) is 2.59. The molecule has 20 heavy (non-hydrogen) atoms. The summed E-state index contributed by atoms with van der Waals surface area (Å²) in [5.41, 5.74) is 2.45. The first kappa shape index (κ1) is 12.5. The molecule has 2 unspecified atom stereocenters. The van der Waals surface area contributed by atoms with E-state index in [0.717, 1.165) is 44.3 Å². The van der Waals surface area contributed by atoms with E-state index in [2.05, 4.69) is 28.4 Å². The summed E-state index contributed by atoms with van der Waals surface area (Å²) < 4.78 is 11.8. The van der Waals surface area contributed by atoms with E-state index < -0.39 is 0 Å². The first-order chi connectivity index (χ1) is 9.92. The van der Waals surface area contributed by atoms with Gasteiger partial charge in [-0.3, -0.25) is 4.90 Å². The predicted octanol–water partition coefficient (Wildman–Crippen LogP) is 2.24. The van der Waals surface area contributed by atoms with E-state index in [-0.39, 0.29) is 0 Å². The number of benzene rings is 1. The second kappa shape index (κ2) is 5.26. The van der Waals surface area contributed by atoms with Crippen molar-refractivity contribution in [2.24, 2.45) is 0 Å². The number of rotatable bonds is 2. The first-order valence-electron chi connectivity index (χ1n) is 7.76. The van der Waals surface area contributed by atoms with Crippen LogP contribution in [-0.2, 0) is 11.3 Å². The largest absolute Gasteiger partial charge is 0.489 e. The smallest absolute Gasteiger partial charge is 0.146 e. The molecule has 1 saturated heterocycles. The lowest BCUT2D eigenvalue weighted by atomic mass is 10.1. The minimum Gasteiger partial charge on any atom is -0.489 e. The van der Waals surface area contributed by atoms with Crippen LogP contribution in [0.3, 0.4) is 0 Å². The monoisotopic (exact) mass is 274 g/mol. The summed E-state index contributed by atoms with van der Waals surface area (Å²) in [7, 11) is 0. The van der Waals surface area contributed by atoms with Crippen molar-refractivity contribution in [3.63, 3.8) is 0 Å². The summed E-state index contributed by atoms with van der Waals surface area (Å²) in [6, 6.07) is 7.04. The van der Waals surface area contributed by atoms with Gasteiger partial charge < -0.3 is 14.8 Å². The van der Waals surface area contributed by atoms with Gasteiger partial charge in [0.15, 0.2) is 0 Å². The van der Waals surface area contributed by atoms with Gasteiger partial charge >= 0.3 is 0 Å². The third-order valence-electron chi connectivity index (χ3n) is 4.73. The van der Waals surface area contributed by atoms with Crippen molar-refractivity contribution in [2.45, 2.75) is 38.0 Å². The lowest BCUT2D eigenvalue weighted by Gasteiger charge is -2.38. The Hall–Kier alpha value is -1.26. The van der Waals surface area contributed by atoms with Crippen molar-refractivity contribution in [3.8, 4) is 5.75 Å². The summed E-state index contributed by atoms with van der Waals surface area (Å²) in [6.07, 6.45) is 4.27. The number of hydrogen-bond donors (Lipinski definition) is 1. The van der Waals surface area contributed by atoms with Gasteiger partial charge in [0.1, 0.15) is 12.4 Å². The fourth-order valence-electron chi connectivity index (χ4n) is 3.78. The van der Waals surface area contributed by atoms with E-state index >= 15 is 0 Å². The summed E-state index contributed by atoms with van der Waals surface area (Å²) in [6.45, 7) is 4.56. The Bertz CT molecular complexity index is 491. The second-order valence-corrected chi connectivity index (χ2v) is 5.95. The Morgan fingerprint density at radius 1 is 1.25 bits per heavy atom. The van der Waals surface area contributed by atoms with Crippen molar-refractivity contribution in [1.29, 1.82) is 0 Å². The van der Waals surface area contributed by atoms with E-state index in [0.29, 0.717) is 12.1 Å². The molecular weight excluding hydrogens is 252 g/mol. The Kier molecular flexibility index (Phi) is 3.28. The van der Waals surface area contributed by atoms with Gasteiger partial charge in [0.2, 0.25) is 0 Å². The molecule has 1 N–H and O–H groups in total. The molecule has 2 atom stereocenters. The standard InChI is InChI=1S/C16H22N2O2/c1-3-12(16-13(4-1)17-7-9-20-16)11-18-8-10-19-15-6-2-5-14(15)18/h1,3-4,14-15,17H,2,5-11H2. The molecule has 108 valence electrons. The highest BCUT2D eigenvalue weighted by Gasteiger charge is 2.36. The second-order valence-electron chi connectivity index (χ2n) is 5.95. The van der Waals surface area contributed by atoms with Crippen LogP contribution in [0.1, 0.15) is 24.8 Å². The van der Waals surface area contributed by atoms with Crippen LogP contribution in [0.25, 0.3) is 0 Å². The van der Waals surface area contributed by atoms with Gasteiger partial charge in [-0.05, 0) is 25.3 Å². The topological polar surface area (TPSA) is 33.7 Å². The molecule has 0 aromatic heterocycles. The number of hydrogen-bond acceptors (Lipinski definition) is 4. The minimum absolute atomic E-state index is 0.460. The molecule has 4 heteroatoms. The number of nitrogens with zero attached hydrogens (tertiary/aromatic N) is 1. The molecule has 2 aliphatic heterocycles. The fraction of sp³-hybridized carbons (Fsp3) is 0.625. The summed E-state index contributed by atoms with van der Waals surface area (Å²) in [5.74, 6) is 1.06. The number of ether oxygens (including phenoxy) is 2. The molecule has 0 spiro atoms. The van der Waals surface area contributed by atoms with Crippen molar-refractivity contribution in [2.75, 3.05) is 31.6 Å². The molecular formula is C16H22N2O2. The van der Waals surface area contributed by atoms with E-state index in [4.69, 9.17) is 9.47 Å². The lowest BCUT2D eigenvalue weighted by molar-refractivity contribution is -0.0590. The SMILES string of the molecule is c1cc(CN2CCOC3CCCC32)c2c(c1)NCCO2. The lowest BCUT2D eigenvalue weighted by Crippen LogP contribution is -2.47. The zero-order chi connectivity index (χ0) is 13.4. The molecule has 3 aliphatic rings. The van der Waals surface area contributed by atoms with Crippen molar-refractivity contribution < 1.29 is 9.47 Å². The van der Waals surface area contributed by atoms with Gasteiger partial charge in [-0.1, -0.05) is 12.1 Å². The molecule has 2 heterocycles. The van der Waals surface area contributed by atoms with Crippen molar-refractivity contribution >= 4 is 5.69 Å². The summed E-state index contributed by atoms with van der Waals surface area (Å²) in [5, 5.41) is 3.42. The molecule has 4 rings (SSSR count). The molecule has 1 saturated carbocycles. The maximum Gasteiger partial charge on any atom is 0.146 e. The van der Waals surface area contributed by atoms with Crippen molar-refractivity contribution in [3.05, 3.63) is 23.8 Å². The molecule has 2 fully saturated rings. The molecule has 1 aromatic rings. The average Bonchev–Trinajstić information content (AvgIpc) is 2.97. The Labute approximate surface area is 120 Å². The van der Waals surface area contributed by atoms with E-state index in [1.165, 1.54) is 24.8 Å². The van der Waals surface area contributed by atoms with Crippen LogP contribution in [0.5, 0.6) is 5.75 Å². The normalized spacial score (nSPS) is 29.2. The fourth-order valence-corrected chi connectivity index (χ4v) is 3.78. The summed E-state index contributed by atoms with van der Waals surface area (Å²) >= 11 is 0. The quantitative estimate of drug-likeness (QED) is 0.897. The van der Waals surface area contributed by atoms with Crippen LogP contribution < -0.4 is 10.1 Å². The molecule has 0 bridgehead atoms. The highest BCUT2D eigenvalue weighted by molar-refractivity contribution is 5.61. The van der Waals surface area contributed by atoms with Crippen LogP contribution in [-0.4, -0.2) is 43.3 Å². The zero-order valence-electron chi connectivity index (χ0n) is 11.8. The van der Waals surface area contributed by atoms with Crippen LogP contribution in [0.2, 0.25) is 0 Å². The van der Waals surface area contributed by atoms with E-state index in [1.54, 1.807) is 0 Å². The molecule has 0 amide bonds. The van der Waals surface area contributed by atoms with Crippen molar-refractivity contribution in [1.82, 2.24) is 4.90 Å². The molecule has 1 aromatic carbocycles. The number of morpholine rings is 1. The minimum atomic E-state index is 0.460. The highest BCUT2D eigenvalue weighted by atomic mass is 16.5. The maximum absolute atomic E-state index is 5.90. The number of fused-ring (bicyclic) bond motifs is 2. The Balaban J connectivity index is 1.56. The highest BCUT2D eigenvalue weighted by Crippen LogP contribution is 2.35. The van der Waals surface area contributed by atoms with Gasteiger partial charge in [0.05, 0.1) is 18.4 Å². The maximum atomic E-state index is 5.90. The van der Waals surface area contributed by atoms with E-state index in [9.17, 15) is 0 Å². The van der Waals surface area contributed by atoms with Crippen LogP contribution in [0.15, 0.2) is 18.2 Å². The third-order valence-corrected chi connectivity index (χ3v) is 4.73. The van der Waals surface area contributed by atoms with Gasteiger partial charge in [-0.25, -0.2) is 0 Å². The van der Waals surface area contributed by atoms with Gasteiger partial charge in [-0.2, -0.15) is 0 Å². The van der Waals surface area contributed by atoms with Crippen LogP contribution in [0, 0.1) is 0 Å².